The van der Waals surface area contributed by atoms with E-state index in [0.717, 1.165) is 12.8 Å². The van der Waals surface area contributed by atoms with Crippen molar-refractivity contribution in [3.05, 3.63) is 47.5 Å². The molecule has 8 heteroatoms. The number of hydrogen-bond acceptors (Lipinski definition) is 7. The summed E-state index contributed by atoms with van der Waals surface area (Å²) in [6.07, 6.45) is 1.51. The Morgan fingerprint density at radius 3 is 2.30 bits per heavy atom. The fraction of sp³-hybridized carbons (Fsp3) is 0.368. The molecule has 0 saturated carbocycles. The number of nitrogens with zero attached hydrogens (tertiary/aromatic N) is 3. The summed E-state index contributed by atoms with van der Waals surface area (Å²) in [4.78, 5) is 26.0. The van der Waals surface area contributed by atoms with Crippen LogP contribution in [0.4, 0.5) is 0 Å². The highest BCUT2D eigenvalue weighted by molar-refractivity contribution is 5.96. The van der Waals surface area contributed by atoms with Gasteiger partial charge in [-0.2, -0.15) is 0 Å². The van der Waals surface area contributed by atoms with Gasteiger partial charge in [-0.25, -0.2) is 4.79 Å². The van der Waals surface area contributed by atoms with Crippen molar-refractivity contribution in [1.29, 1.82) is 0 Å². The number of piperidine rings is 1. The van der Waals surface area contributed by atoms with E-state index in [4.69, 9.17) is 9.47 Å². The fourth-order valence-electron chi connectivity index (χ4n) is 2.92. The van der Waals surface area contributed by atoms with Crippen LogP contribution in [0.2, 0.25) is 0 Å². The fourth-order valence-corrected chi connectivity index (χ4v) is 2.92. The maximum absolute atomic E-state index is 12.7. The Hall–Kier alpha value is -3.16. The lowest BCUT2D eigenvalue weighted by atomic mass is 10.1. The lowest BCUT2D eigenvalue weighted by Crippen LogP contribution is -2.44. The topological polar surface area (TPSA) is 90.9 Å². The van der Waals surface area contributed by atoms with Crippen LogP contribution < -0.4 is 9.47 Å². The van der Waals surface area contributed by atoms with Gasteiger partial charge in [0, 0.05) is 24.2 Å². The Kier molecular flexibility index (Phi) is 5.85. The summed E-state index contributed by atoms with van der Waals surface area (Å²) < 4.78 is 15.5. The van der Waals surface area contributed by atoms with Crippen LogP contribution in [-0.4, -0.2) is 60.4 Å². The summed E-state index contributed by atoms with van der Waals surface area (Å²) >= 11 is 0. The molecule has 2 aromatic rings. The third kappa shape index (κ3) is 4.52. The summed E-state index contributed by atoms with van der Waals surface area (Å²) in [6, 6.07) is 9.81. The summed E-state index contributed by atoms with van der Waals surface area (Å²) in [6.45, 7) is 1.12. The molecule has 27 heavy (non-hydrogen) atoms. The monoisotopic (exact) mass is 371 g/mol. The van der Waals surface area contributed by atoms with Crippen LogP contribution in [0.5, 0.6) is 11.8 Å². The summed E-state index contributed by atoms with van der Waals surface area (Å²) in [7, 11) is 2.84. The zero-order valence-corrected chi connectivity index (χ0v) is 15.3. The summed E-state index contributed by atoms with van der Waals surface area (Å²) in [5.74, 6) is 0.289. The molecule has 1 saturated heterocycles. The van der Waals surface area contributed by atoms with Crippen molar-refractivity contribution >= 4 is 11.9 Å². The highest BCUT2D eigenvalue weighted by atomic mass is 16.5. The van der Waals surface area contributed by atoms with Gasteiger partial charge in [0.25, 0.3) is 5.91 Å². The quantitative estimate of drug-likeness (QED) is 0.742. The first-order valence-corrected chi connectivity index (χ1v) is 8.62. The second-order valence-corrected chi connectivity index (χ2v) is 6.12. The van der Waals surface area contributed by atoms with Gasteiger partial charge in [-0.05, 0) is 37.1 Å². The molecule has 0 aliphatic carbocycles. The van der Waals surface area contributed by atoms with E-state index < -0.39 is 5.97 Å². The zero-order chi connectivity index (χ0) is 19.2. The molecule has 2 heterocycles. The molecule has 0 radical (unpaired) electrons. The summed E-state index contributed by atoms with van der Waals surface area (Å²) in [5, 5.41) is 7.84. The van der Waals surface area contributed by atoms with Gasteiger partial charge in [0.1, 0.15) is 6.10 Å². The van der Waals surface area contributed by atoms with Gasteiger partial charge in [0.05, 0.1) is 26.3 Å². The third-order valence-corrected chi connectivity index (χ3v) is 4.33. The van der Waals surface area contributed by atoms with Gasteiger partial charge in [0.2, 0.25) is 11.8 Å². The molecule has 142 valence electrons. The normalized spacial score (nSPS) is 16.5. The van der Waals surface area contributed by atoms with E-state index in [0.29, 0.717) is 36.0 Å². The van der Waals surface area contributed by atoms with E-state index >= 15 is 0 Å². The van der Waals surface area contributed by atoms with Crippen molar-refractivity contribution in [2.24, 2.45) is 0 Å². The van der Waals surface area contributed by atoms with Crippen molar-refractivity contribution in [1.82, 2.24) is 15.1 Å². The Labute approximate surface area is 157 Å². The average molecular weight is 371 g/mol. The standard InChI is InChI=1S/C19H21N3O5/c1-25-16-9-10-17(21-20-16)27-15-4-3-11-22(12-15)18(23)13-5-7-14(8-6-13)19(24)26-2/h5-10,15H,3-4,11-12H2,1-2H3. The lowest BCUT2D eigenvalue weighted by molar-refractivity contribution is 0.0524. The number of amides is 1. The number of aromatic nitrogens is 2. The Morgan fingerprint density at radius 2 is 1.67 bits per heavy atom. The van der Waals surface area contributed by atoms with Crippen molar-refractivity contribution in [3.8, 4) is 11.8 Å². The van der Waals surface area contributed by atoms with Gasteiger partial charge in [-0.3, -0.25) is 4.79 Å². The molecule has 8 nitrogen and oxygen atoms in total. The number of carbonyl (C=O) groups is 2. The van der Waals surface area contributed by atoms with Crippen LogP contribution in [-0.2, 0) is 4.74 Å². The van der Waals surface area contributed by atoms with E-state index in [-0.39, 0.29) is 12.0 Å². The first-order valence-electron chi connectivity index (χ1n) is 8.62. The molecule has 1 aromatic heterocycles. The Bertz CT molecular complexity index is 792. The van der Waals surface area contributed by atoms with E-state index in [2.05, 4.69) is 14.9 Å². The predicted octanol–water partition coefficient (Wildman–Crippen LogP) is 1.96. The van der Waals surface area contributed by atoms with E-state index in [1.807, 2.05) is 0 Å². The predicted molar refractivity (Wildman–Crippen MR) is 95.9 cm³/mol. The molecule has 1 amide bonds. The molecule has 0 N–H and O–H groups in total. The van der Waals surface area contributed by atoms with Gasteiger partial charge >= 0.3 is 5.97 Å². The van der Waals surface area contributed by atoms with E-state index in [1.54, 1.807) is 41.3 Å². The van der Waals surface area contributed by atoms with E-state index in [9.17, 15) is 9.59 Å². The second-order valence-electron chi connectivity index (χ2n) is 6.12. The number of hydrogen-bond donors (Lipinski definition) is 0. The minimum absolute atomic E-state index is 0.0967. The minimum atomic E-state index is -0.430. The smallest absolute Gasteiger partial charge is 0.337 e. The van der Waals surface area contributed by atoms with Crippen molar-refractivity contribution in [3.63, 3.8) is 0 Å². The highest BCUT2D eigenvalue weighted by Crippen LogP contribution is 2.19. The number of carbonyl (C=O) groups excluding carboxylic acids is 2. The molecule has 0 spiro atoms. The lowest BCUT2D eigenvalue weighted by Gasteiger charge is -2.32. The molecule has 1 aliphatic rings. The van der Waals surface area contributed by atoms with Gasteiger partial charge in [0.15, 0.2) is 0 Å². The molecular formula is C19H21N3O5. The molecule has 3 rings (SSSR count). The zero-order valence-electron chi connectivity index (χ0n) is 15.3. The van der Waals surface area contributed by atoms with Crippen LogP contribution in [0.1, 0.15) is 33.6 Å². The number of rotatable bonds is 5. The Balaban J connectivity index is 1.62. The van der Waals surface area contributed by atoms with Crippen LogP contribution in [0, 0.1) is 0 Å². The number of benzene rings is 1. The molecule has 1 atom stereocenters. The second kappa shape index (κ2) is 8.48. The van der Waals surface area contributed by atoms with Gasteiger partial charge in [-0.1, -0.05) is 0 Å². The molecule has 1 unspecified atom stereocenters. The minimum Gasteiger partial charge on any atom is -0.480 e. The first-order chi connectivity index (χ1) is 13.1. The average Bonchev–Trinajstić information content (AvgIpc) is 2.73. The van der Waals surface area contributed by atoms with Crippen LogP contribution in [0.15, 0.2) is 36.4 Å². The largest absolute Gasteiger partial charge is 0.480 e. The van der Waals surface area contributed by atoms with Crippen molar-refractivity contribution in [2.45, 2.75) is 18.9 Å². The van der Waals surface area contributed by atoms with Crippen LogP contribution in [0.25, 0.3) is 0 Å². The van der Waals surface area contributed by atoms with Gasteiger partial charge in [-0.15, -0.1) is 10.2 Å². The number of likely N-dealkylation sites (tertiary alicyclic amines) is 1. The number of ether oxygens (including phenoxy) is 3. The maximum atomic E-state index is 12.7. The van der Waals surface area contributed by atoms with E-state index in [1.165, 1.54) is 14.2 Å². The Morgan fingerprint density at radius 1 is 1.00 bits per heavy atom. The molecule has 1 fully saturated rings. The number of esters is 1. The SMILES string of the molecule is COC(=O)c1ccc(C(=O)N2CCCC(Oc3ccc(OC)nn3)C2)cc1. The third-order valence-electron chi connectivity index (χ3n) is 4.33. The maximum Gasteiger partial charge on any atom is 0.337 e. The molecule has 1 aromatic carbocycles. The first kappa shape index (κ1) is 18.6. The van der Waals surface area contributed by atoms with Crippen molar-refractivity contribution in [2.75, 3.05) is 27.3 Å². The molecule has 0 bridgehead atoms. The summed E-state index contributed by atoms with van der Waals surface area (Å²) in [5.41, 5.74) is 0.930. The highest BCUT2D eigenvalue weighted by Gasteiger charge is 2.26. The van der Waals surface area contributed by atoms with Crippen LogP contribution >= 0.6 is 0 Å². The molecular weight excluding hydrogens is 350 g/mol. The number of methoxy groups -OCH3 is 2. The molecule has 1 aliphatic heterocycles. The van der Waals surface area contributed by atoms with Crippen LogP contribution in [0.3, 0.4) is 0 Å². The van der Waals surface area contributed by atoms with Crippen molar-refractivity contribution < 1.29 is 23.8 Å². The van der Waals surface area contributed by atoms with Gasteiger partial charge < -0.3 is 19.1 Å².